The van der Waals surface area contributed by atoms with Crippen molar-refractivity contribution in [2.24, 2.45) is 0 Å². The highest BCUT2D eigenvalue weighted by Gasteiger charge is 2.29. The zero-order valence-electron chi connectivity index (χ0n) is 21.6. The molecular formula is C29H30N4O4S. The van der Waals surface area contributed by atoms with Crippen molar-refractivity contribution in [1.82, 2.24) is 9.29 Å². The molecule has 8 nitrogen and oxygen atoms in total. The van der Waals surface area contributed by atoms with Gasteiger partial charge in [-0.25, -0.2) is 12.7 Å². The van der Waals surface area contributed by atoms with Crippen LogP contribution in [0.5, 0.6) is 0 Å². The molecule has 1 amide bonds. The summed E-state index contributed by atoms with van der Waals surface area (Å²) in [7, 11) is -0.801. The molecule has 1 aliphatic heterocycles. The number of aryl methyl sites for hydroxylation is 1. The molecule has 9 heteroatoms. The number of pyridine rings is 1. The Morgan fingerprint density at radius 2 is 1.79 bits per heavy atom. The molecule has 38 heavy (non-hydrogen) atoms. The van der Waals surface area contributed by atoms with E-state index in [0.717, 1.165) is 34.8 Å². The van der Waals surface area contributed by atoms with Gasteiger partial charge in [0, 0.05) is 61.4 Å². The monoisotopic (exact) mass is 530 g/mol. The zero-order chi connectivity index (χ0) is 27.0. The fraction of sp³-hybridized carbons (Fsp3) is 0.241. The quantitative estimate of drug-likeness (QED) is 0.386. The molecule has 1 fully saturated rings. The molecule has 5 rings (SSSR count). The number of sulfonamides is 1. The van der Waals surface area contributed by atoms with Crippen LogP contribution in [0.2, 0.25) is 0 Å². The van der Waals surface area contributed by atoms with E-state index in [1.54, 1.807) is 30.3 Å². The van der Waals surface area contributed by atoms with Gasteiger partial charge in [0.05, 0.1) is 10.5 Å². The zero-order valence-corrected chi connectivity index (χ0v) is 22.4. The van der Waals surface area contributed by atoms with Gasteiger partial charge in [0.25, 0.3) is 5.91 Å². The molecule has 1 unspecified atom stereocenters. The first-order chi connectivity index (χ1) is 18.1. The normalized spacial score (nSPS) is 15.8. The van der Waals surface area contributed by atoms with Crippen LogP contribution in [0.3, 0.4) is 0 Å². The Morgan fingerprint density at radius 3 is 2.53 bits per heavy atom. The number of H-pyrrole nitrogens is 1. The number of hydrogen-bond donors (Lipinski definition) is 2. The van der Waals surface area contributed by atoms with Crippen LogP contribution in [0.1, 0.15) is 33.8 Å². The van der Waals surface area contributed by atoms with Gasteiger partial charge in [0.15, 0.2) is 0 Å². The van der Waals surface area contributed by atoms with Crippen LogP contribution in [-0.2, 0) is 10.0 Å². The largest absolute Gasteiger partial charge is 0.370 e. The Bertz CT molecular complexity index is 1680. The first-order valence-corrected chi connectivity index (χ1v) is 13.9. The summed E-state index contributed by atoms with van der Waals surface area (Å²) < 4.78 is 26.9. The molecule has 1 saturated heterocycles. The lowest BCUT2D eigenvalue weighted by atomic mass is 9.99. The number of rotatable bonds is 6. The van der Waals surface area contributed by atoms with Crippen LogP contribution >= 0.6 is 0 Å². The molecule has 196 valence electrons. The lowest BCUT2D eigenvalue weighted by Gasteiger charge is -2.23. The van der Waals surface area contributed by atoms with Gasteiger partial charge >= 0.3 is 0 Å². The summed E-state index contributed by atoms with van der Waals surface area (Å²) in [6, 6.07) is 21.8. The Kier molecular flexibility index (Phi) is 6.81. The summed E-state index contributed by atoms with van der Waals surface area (Å²) in [6.07, 6.45) is 0.935. The third-order valence-electron chi connectivity index (χ3n) is 7.10. The molecule has 2 N–H and O–H groups in total. The summed E-state index contributed by atoms with van der Waals surface area (Å²) in [4.78, 5) is 30.5. The number of carbonyl (C=O) groups is 1. The minimum atomic E-state index is -3.74. The van der Waals surface area contributed by atoms with Crippen LogP contribution in [0.4, 0.5) is 11.4 Å². The number of amides is 1. The van der Waals surface area contributed by atoms with Gasteiger partial charge < -0.3 is 15.2 Å². The fourth-order valence-corrected chi connectivity index (χ4v) is 5.95. The molecule has 1 aromatic heterocycles. The van der Waals surface area contributed by atoms with Gasteiger partial charge in [-0.1, -0.05) is 30.3 Å². The third-order valence-corrected chi connectivity index (χ3v) is 8.91. The number of carbonyl (C=O) groups excluding carboxylic acids is 1. The number of aromatic amines is 1. The predicted molar refractivity (Wildman–Crippen MR) is 151 cm³/mol. The van der Waals surface area contributed by atoms with Crippen molar-refractivity contribution < 1.29 is 13.2 Å². The minimum Gasteiger partial charge on any atom is -0.370 e. The summed E-state index contributed by atoms with van der Waals surface area (Å²) >= 11 is 0. The van der Waals surface area contributed by atoms with Crippen molar-refractivity contribution in [1.29, 1.82) is 0 Å². The van der Waals surface area contributed by atoms with Gasteiger partial charge in [0.2, 0.25) is 15.6 Å². The molecule has 0 bridgehead atoms. The first-order valence-electron chi connectivity index (χ1n) is 12.4. The topological polar surface area (TPSA) is 103 Å². The molecule has 0 saturated carbocycles. The maximum Gasteiger partial charge on any atom is 0.257 e. The lowest BCUT2D eigenvalue weighted by Crippen LogP contribution is -2.26. The number of fused-ring (bicyclic) bond motifs is 1. The van der Waals surface area contributed by atoms with Crippen molar-refractivity contribution in [2.75, 3.05) is 37.4 Å². The minimum absolute atomic E-state index is 0.0575. The average Bonchev–Trinajstić information content (AvgIpc) is 3.39. The lowest BCUT2D eigenvalue weighted by molar-refractivity contribution is 0.102. The van der Waals surface area contributed by atoms with E-state index in [0.29, 0.717) is 28.4 Å². The summed E-state index contributed by atoms with van der Waals surface area (Å²) in [5, 5.41) is 3.76. The summed E-state index contributed by atoms with van der Waals surface area (Å²) in [5.41, 5.74) is 4.07. The van der Waals surface area contributed by atoms with Gasteiger partial charge in [-0.15, -0.1) is 0 Å². The Morgan fingerprint density at radius 1 is 1.03 bits per heavy atom. The van der Waals surface area contributed by atoms with E-state index in [4.69, 9.17) is 0 Å². The Balaban J connectivity index is 1.51. The van der Waals surface area contributed by atoms with Crippen LogP contribution < -0.4 is 15.8 Å². The van der Waals surface area contributed by atoms with Gasteiger partial charge in [0.1, 0.15) is 0 Å². The highest BCUT2D eigenvalue weighted by molar-refractivity contribution is 7.89. The van der Waals surface area contributed by atoms with E-state index in [2.05, 4.69) is 27.3 Å². The van der Waals surface area contributed by atoms with Crippen molar-refractivity contribution >= 4 is 38.2 Å². The Hall–Kier alpha value is -3.95. The fourth-order valence-electron chi connectivity index (χ4n) is 5.02. The van der Waals surface area contributed by atoms with Crippen LogP contribution in [0.15, 0.2) is 82.5 Å². The molecule has 0 aliphatic carbocycles. The average molecular weight is 531 g/mol. The molecule has 4 aromatic rings. The summed E-state index contributed by atoms with van der Waals surface area (Å²) in [5.74, 6) is -0.0803. The van der Waals surface area contributed by atoms with Gasteiger partial charge in [-0.2, -0.15) is 0 Å². The number of benzene rings is 3. The highest BCUT2D eigenvalue weighted by atomic mass is 32.2. The van der Waals surface area contributed by atoms with Gasteiger partial charge in [-0.05, 0) is 60.9 Å². The maximum absolute atomic E-state index is 13.7. The number of nitrogens with zero attached hydrogens (tertiary/aromatic N) is 2. The molecule has 0 radical (unpaired) electrons. The molecule has 0 spiro atoms. The maximum atomic E-state index is 13.7. The second-order valence-corrected chi connectivity index (χ2v) is 12.0. The van der Waals surface area contributed by atoms with Crippen molar-refractivity contribution in [3.8, 4) is 0 Å². The van der Waals surface area contributed by atoms with E-state index < -0.39 is 15.9 Å². The second-order valence-electron chi connectivity index (χ2n) is 9.84. The number of nitrogens with one attached hydrogen (secondary N) is 2. The third kappa shape index (κ3) is 4.94. The number of aromatic nitrogens is 1. The molecule has 2 heterocycles. The standard InChI is InChI=1S/C29H30N4O4S/c1-19-15-28(34)31-26-11-9-22(16-24(19)26)30-29(35)25-17-23(38(36,37)32(2)3)10-12-27(25)33-14-13-21(18-33)20-7-5-4-6-8-20/h4-12,15-17,21H,13-14,18H2,1-3H3,(H,30,35)(H,31,34). The Labute approximate surface area is 222 Å². The SMILES string of the molecule is Cc1cc(=O)[nH]c2ccc(NC(=O)c3cc(S(=O)(=O)N(C)C)ccc3N3CCC(c4ccccc4)C3)cc12. The molecule has 1 atom stereocenters. The second kappa shape index (κ2) is 10.1. The summed E-state index contributed by atoms with van der Waals surface area (Å²) in [6.45, 7) is 3.32. The van der Waals surface area contributed by atoms with E-state index in [9.17, 15) is 18.0 Å². The van der Waals surface area contributed by atoms with Crippen molar-refractivity contribution in [3.63, 3.8) is 0 Å². The number of anilines is 2. The van der Waals surface area contributed by atoms with E-state index >= 15 is 0 Å². The van der Waals surface area contributed by atoms with Crippen molar-refractivity contribution in [3.05, 3.63) is 99.8 Å². The molecule has 1 aliphatic rings. The smallest absolute Gasteiger partial charge is 0.257 e. The highest BCUT2D eigenvalue weighted by Crippen LogP contribution is 2.34. The first kappa shape index (κ1) is 25.7. The number of hydrogen-bond acceptors (Lipinski definition) is 5. The van der Waals surface area contributed by atoms with E-state index in [-0.39, 0.29) is 10.5 Å². The van der Waals surface area contributed by atoms with Gasteiger partial charge in [-0.3, -0.25) is 9.59 Å². The van der Waals surface area contributed by atoms with Crippen LogP contribution in [0.25, 0.3) is 10.9 Å². The van der Waals surface area contributed by atoms with Crippen molar-refractivity contribution in [2.45, 2.75) is 24.2 Å². The predicted octanol–water partition coefficient (Wildman–Crippen LogP) is 4.33. The molecular weight excluding hydrogens is 500 g/mol. The van der Waals surface area contributed by atoms with Crippen LogP contribution in [0, 0.1) is 6.92 Å². The molecule has 3 aromatic carbocycles. The van der Waals surface area contributed by atoms with Crippen LogP contribution in [-0.4, -0.2) is 50.8 Å². The van der Waals surface area contributed by atoms with E-state index in [1.807, 2.05) is 25.1 Å². The van der Waals surface area contributed by atoms with E-state index in [1.165, 1.54) is 31.8 Å².